The standard InChI is InChI=1S/C12H14N2OS3/c1-2-14(5-3-11(13)16)12(15)10-7-9-8(18-10)4-6-17-9/h4,6-7H,2-3,5H2,1H3,(H2,13,16). The van der Waals surface area contributed by atoms with Gasteiger partial charge in [0.05, 0.1) is 9.87 Å². The minimum Gasteiger partial charge on any atom is -0.393 e. The molecule has 2 aromatic rings. The number of amides is 1. The van der Waals surface area contributed by atoms with Crippen molar-refractivity contribution in [2.75, 3.05) is 13.1 Å². The maximum Gasteiger partial charge on any atom is 0.263 e. The van der Waals surface area contributed by atoms with Crippen LogP contribution in [0, 0.1) is 0 Å². The molecule has 0 aliphatic rings. The molecule has 0 bridgehead atoms. The summed E-state index contributed by atoms with van der Waals surface area (Å²) in [6.45, 7) is 3.23. The molecule has 0 aliphatic carbocycles. The molecule has 6 heteroatoms. The van der Waals surface area contributed by atoms with Crippen molar-refractivity contribution >= 4 is 55.2 Å². The van der Waals surface area contributed by atoms with Crippen molar-refractivity contribution < 1.29 is 4.79 Å². The fourth-order valence-corrected chi connectivity index (χ4v) is 3.84. The fourth-order valence-electron chi connectivity index (χ4n) is 1.68. The molecule has 0 spiro atoms. The third-order valence-corrected chi connectivity index (χ3v) is 4.93. The first-order valence-electron chi connectivity index (χ1n) is 5.66. The maximum atomic E-state index is 12.3. The third kappa shape index (κ3) is 2.88. The van der Waals surface area contributed by atoms with Gasteiger partial charge in [0.15, 0.2) is 0 Å². The monoisotopic (exact) mass is 298 g/mol. The number of carbonyl (C=O) groups is 1. The van der Waals surface area contributed by atoms with Gasteiger partial charge < -0.3 is 10.6 Å². The number of rotatable bonds is 5. The summed E-state index contributed by atoms with van der Waals surface area (Å²) in [5.41, 5.74) is 5.48. The van der Waals surface area contributed by atoms with Crippen molar-refractivity contribution in [1.29, 1.82) is 0 Å². The lowest BCUT2D eigenvalue weighted by atomic mass is 10.3. The van der Waals surface area contributed by atoms with Crippen molar-refractivity contribution in [2.45, 2.75) is 13.3 Å². The van der Waals surface area contributed by atoms with Gasteiger partial charge in [-0.25, -0.2) is 0 Å². The van der Waals surface area contributed by atoms with E-state index in [1.165, 1.54) is 9.40 Å². The van der Waals surface area contributed by atoms with Gasteiger partial charge in [0.25, 0.3) is 5.91 Å². The first-order valence-corrected chi connectivity index (χ1v) is 7.77. The van der Waals surface area contributed by atoms with Crippen LogP contribution in [0.15, 0.2) is 17.5 Å². The van der Waals surface area contributed by atoms with Crippen LogP contribution in [0.3, 0.4) is 0 Å². The van der Waals surface area contributed by atoms with Gasteiger partial charge in [-0.05, 0) is 24.4 Å². The zero-order chi connectivity index (χ0) is 13.1. The lowest BCUT2D eigenvalue weighted by Gasteiger charge is -2.19. The third-order valence-electron chi connectivity index (χ3n) is 2.65. The molecule has 0 fully saturated rings. The van der Waals surface area contributed by atoms with E-state index < -0.39 is 0 Å². The van der Waals surface area contributed by atoms with Crippen molar-refractivity contribution in [3.8, 4) is 0 Å². The van der Waals surface area contributed by atoms with Gasteiger partial charge in [-0.15, -0.1) is 22.7 Å². The van der Waals surface area contributed by atoms with Crippen molar-refractivity contribution in [1.82, 2.24) is 4.90 Å². The Morgan fingerprint density at radius 3 is 2.89 bits per heavy atom. The van der Waals surface area contributed by atoms with Crippen LogP contribution in [-0.2, 0) is 0 Å². The van der Waals surface area contributed by atoms with Crippen LogP contribution < -0.4 is 5.73 Å². The maximum absolute atomic E-state index is 12.3. The Morgan fingerprint density at radius 2 is 2.28 bits per heavy atom. The molecule has 0 aromatic carbocycles. The number of carbonyl (C=O) groups excluding carboxylic acids is 1. The topological polar surface area (TPSA) is 46.3 Å². The van der Waals surface area contributed by atoms with Crippen LogP contribution in [0.4, 0.5) is 0 Å². The second-order valence-corrected chi connectivity index (χ2v) is 6.42. The van der Waals surface area contributed by atoms with Crippen LogP contribution in [0.25, 0.3) is 9.40 Å². The first kappa shape index (κ1) is 13.5. The predicted octanol–water partition coefficient (Wildman–Crippen LogP) is 3.10. The van der Waals surface area contributed by atoms with E-state index >= 15 is 0 Å². The van der Waals surface area contributed by atoms with E-state index in [-0.39, 0.29) is 5.91 Å². The highest BCUT2D eigenvalue weighted by atomic mass is 32.1. The van der Waals surface area contributed by atoms with E-state index in [9.17, 15) is 4.79 Å². The molecular weight excluding hydrogens is 284 g/mol. The summed E-state index contributed by atoms with van der Waals surface area (Å²) in [5.74, 6) is 0.0714. The molecule has 2 heterocycles. The Morgan fingerprint density at radius 1 is 1.50 bits per heavy atom. The Labute approximate surface area is 119 Å². The molecule has 96 valence electrons. The average Bonchev–Trinajstić information content (AvgIpc) is 2.88. The second kappa shape index (κ2) is 5.77. The lowest BCUT2D eigenvalue weighted by molar-refractivity contribution is 0.0774. The van der Waals surface area contributed by atoms with Crippen molar-refractivity contribution in [2.24, 2.45) is 5.73 Å². The van der Waals surface area contributed by atoms with Crippen LogP contribution in [0.1, 0.15) is 23.0 Å². The minimum absolute atomic E-state index is 0.0714. The number of hydrogen-bond acceptors (Lipinski definition) is 4. The molecule has 18 heavy (non-hydrogen) atoms. The zero-order valence-corrected chi connectivity index (χ0v) is 12.5. The molecule has 0 atom stereocenters. The molecule has 0 saturated heterocycles. The van der Waals surface area contributed by atoms with E-state index in [0.717, 1.165) is 4.88 Å². The van der Waals surface area contributed by atoms with Crippen LogP contribution >= 0.6 is 34.9 Å². The number of fused-ring (bicyclic) bond motifs is 1. The smallest absolute Gasteiger partial charge is 0.263 e. The van der Waals surface area contributed by atoms with Crippen LogP contribution in [0.5, 0.6) is 0 Å². The molecule has 0 unspecified atom stereocenters. The van der Waals surface area contributed by atoms with Gasteiger partial charge in [-0.2, -0.15) is 0 Å². The predicted molar refractivity (Wildman–Crippen MR) is 82.7 cm³/mol. The summed E-state index contributed by atoms with van der Waals surface area (Å²) in [4.78, 5) is 15.3. The van der Waals surface area contributed by atoms with Gasteiger partial charge in [0.1, 0.15) is 0 Å². The number of hydrogen-bond donors (Lipinski definition) is 1. The normalized spacial score (nSPS) is 10.7. The molecule has 2 N–H and O–H groups in total. The van der Waals surface area contributed by atoms with E-state index in [2.05, 4.69) is 0 Å². The van der Waals surface area contributed by atoms with E-state index in [1.54, 1.807) is 27.6 Å². The summed E-state index contributed by atoms with van der Waals surface area (Å²) in [5, 5.41) is 2.04. The SMILES string of the molecule is CCN(CCC(N)=S)C(=O)c1cc2sccc2s1. The Bertz CT molecular complexity index is 544. The average molecular weight is 298 g/mol. The Hall–Kier alpha value is -0.980. The summed E-state index contributed by atoms with van der Waals surface area (Å²) in [6.07, 6.45) is 0.578. The summed E-state index contributed by atoms with van der Waals surface area (Å²) >= 11 is 8.05. The molecule has 0 aliphatic heterocycles. The molecule has 0 saturated carbocycles. The van der Waals surface area contributed by atoms with Gasteiger partial charge in [-0.3, -0.25) is 4.79 Å². The number of nitrogens with zero attached hydrogens (tertiary/aromatic N) is 1. The highest BCUT2D eigenvalue weighted by Gasteiger charge is 2.17. The largest absolute Gasteiger partial charge is 0.393 e. The lowest BCUT2D eigenvalue weighted by Crippen LogP contribution is -2.33. The molecular formula is C12H14N2OS3. The second-order valence-electron chi connectivity index (χ2n) is 3.86. The highest BCUT2D eigenvalue weighted by molar-refractivity contribution is 7.80. The Balaban J connectivity index is 2.13. The van der Waals surface area contributed by atoms with E-state index in [4.69, 9.17) is 18.0 Å². The number of thiocarbonyl (C=S) groups is 1. The first-order chi connectivity index (χ1) is 8.61. The van der Waals surface area contributed by atoms with E-state index in [1.807, 2.05) is 24.4 Å². The quantitative estimate of drug-likeness (QED) is 0.863. The summed E-state index contributed by atoms with van der Waals surface area (Å²) < 4.78 is 2.35. The van der Waals surface area contributed by atoms with E-state index in [0.29, 0.717) is 24.5 Å². The number of thiophene rings is 2. The zero-order valence-electron chi connectivity index (χ0n) is 10.0. The van der Waals surface area contributed by atoms with Gasteiger partial charge in [0.2, 0.25) is 0 Å². The van der Waals surface area contributed by atoms with Crippen LogP contribution in [-0.4, -0.2) is 28.9 Å². The van der Waals surface area contributed by atoms with Crippen LogP contribution in [0.2, 0.25) is 0 Å². The molecule has 0 radical (unpaired) electrons. The van der Waals surface area contributed by atoms with Gasteiger partial charge >= 0.3 is 0 Å². The molecule has 3 nitrogen and oxygen atoms in total. The fraction of sp³-hybridized carbons (Fsp3) is 0.333. The van der Waals surface area contributed by atoms with Crippen molar-refractivity contribution in [3.63, 3.8) is 0 Å². The van der Waals surface area contributed by atoms with Gasteiger partial charge in [0, 0.05) is 28.9 Å². The van der Waals surface area contributed by atoms with Gasteiger partial charge in [-0.1, -0.05) is 12.2 Å². The summed E-state index contributed by atoms with van der Waals surface area (Å²) in [7, 11) is 0. The molecule has 2 rings (SSSR count). The number of nitrogens with two attached hydrogens (primary N) is 1. The Kier molecular flexibility index (Phi) is 4.31. The summed E-state index contributed by atoms with van der Waals surface area (Å²) in [6, 6.07) is 4.02. The molecule has 2 aromatic heterocycles. The highest BCUT2D eigenvalue weighted by Crippen LogP contribution is 2.30. The minimum atomic E-state index is 0.0714. The molecule has 1 amide bonds. The van der Waals surface area contributed by atoms with Crippen molar-refractivity contribution in [3.05, 3.63) is 22.4 Å².